The predicted molar refractivity (Wildman–Crippen MR) is 97.3 cm³/mol. The maximum absolute atomic E-state index is 13.9. The summed E-state index contributed by atoms with van der Waals surface area (Å²) in [7, 11) is 1.65. The SMILES string of the molecule is CN1C[C@H](c2cccc(C3CC3)c2)[C@@H](C(=O)Nc2cccc(F)c2F)C1=O. The van der Waals surface area contributed by atoms with Gasteiger partial charge in [-0.25, -0.2) is 8.78 Å². The molecule has 1 aliphatic heterocycles. The van der Waals surface area contributed by atoms with Crippen LogP contribution in [0.3, 0.4) is 0 Å². The van der Waals surface area contributed by atoms with Gasteiger partial charge < -0.3 is 10.2 Å². The second-order valence-electron chi connectivity index (χ2n) is 7.34. The third-order valence-electron chi connectivity index (χ3n) is 5.39. The summed E-state index contributed by atoms with van der Waals surface area (Å²) in [6.07, 6.45) is 2.32. The minimum Gasteiger partial charge on any atom is -0.344 e. The maximum atomic E-state index is 13.9. The largest absolute Gasteiger partial charge is 0.344 e. The molecule has 1 saturated heterocycles. The van der Waals surface area contributed by atoms with Gasteiger partial charge in [0, 0.05) is 19.5 Å². The van der Waals surface area contributed by atoms with Crippen LogP contribution in [0.2, 0.25) is 0 Å². The first-order chi connectivity index (χ1) is 13.0. The summed E-state index contributed by atoms with van der Waals surface area (Å²) in [6.45, 7) is 0.413. The fourth-order valence-electron chi connectivity index (χ4n) is 3.76. The van der Waals surface area contributed by atoms with Crippen molar-refractivity contribution >= 4 is 17.5 Å². The second-order valence-corrected chi connectivity index (χ2v) is 7.34. The monoisotopic (exact) mass is 370 g/mol. The van der Waals surface area contributed by atoms with Crippen LogP contribution in [0.4, 0.5) is 14.5 Å². The number of halogens is 2. The number of carbonyl (C=O) groups excluding carboxylic acids is 2. The van der Waals surface area contributed by atoms with E-state index < -0.39 is 23.5 Å². The van der Waals surface area contributed by atoms with Crippen molar-refractivity contribution in [1.29, 1.82) is 0 Å². The Balaban J connectivity index is 1.62. The molecule has 2 fully saturated rings. The fraction of sp³-hybridized carbons (Fsp3) is 0.333. The molecular formula is C21H20F2N2O2. The lowest BCUT2D eigenvalue weighted by atomic mass is 9.86. The Labute approximate surface area is 156 Å². The van der Waals surface area contributed by atoms with E-state index in [4.69, 9.17) is 0 Å². The zero-order chi connectivity index (χ0) is 19.1. The molecule has 1 aliphatic carbocycles. The van der Waals surface area contributed by atoms with Crippen LogP contribution in [0.15, 0.2) is 42.5 Å². The van der Waals surface area contributed by atoms with Crippen molar-refractivity contribution in [3.63, 3.8) is 0 Å². The molecule has 1 saturated carbocycles. The Hall–Kier alpha value is -2.76. The first-order valence-corrected chi connectivity index (χ1v) is 9.05. The fourth-order valence-corrected chi connectivity index (χ4v) is 3.76. The van der Waals surface area contributed by atoms with Gasteiger partial charge in [-0.3, -0.25) is 9.59 Å². The number of nitrogens with zero attached hydrogens (tertiary/aromatic N) is 1. The number of amides is 2. The van der Waals surface area contributed by atoms with E-state index in [1.807, 2.05) is 12.1 Å². The van der Waals surface area contributed by atoms with Crippen LogP contribution in [0.25, 0.3) is 0 Å². The smallest absolute Gasteiger partial charge is 0.237 e. The van der Waals surface area contributed by atoms with Crippen molar-refractivity contribution < 1.29 is 18.4 Å². The predicted octanol–water partition coefficient (Wildman–Crippen LogP) is 3.65. The third-order valence-corrected chi connectivity index (χ3v) is 5.39. The van der Waals surface area contributed by atoms with Crippen LogP contribution < -0.4 is 5.32 Å². The van der Waals surface area contributed by atoms with Gasteiger partial charge in [-0.1, -0.05) is 30.3 Å². The number of benzene rings is 2. The molecule has 0 radical (unpaired) electrons. The highest BCUT2D eigenvalue weighted by Gasteiger charge is 2.44. The van der Waals surface area contributed by atoms with E-state index in [1.54, 1.807) is 7.05 Å². The van der Waals surface area contributed by atoms with E-state index in [0.29, 0.717) is 12.5 Å². The zero-order valence-corrected chi connectivity index (χ0v) is 14.9. The van der Waals surface area contributed by atoms with E-state index >= 15 is 0 Å². The molecule has 0 unspecified atom stereocenters. The molecule has 2 aliphatic rings. The summed E-state index contributed by atoms with van der Waals surface area (Å²) in [5.74, 6) is -3.83. The lowest BCUT2D eigenvalue weighted by molar-refractivity contribution is -0.135. The summed E-state index contributed by atoms with van der Waals surface area (Å²) >= 11 is 0. The highest BCUT2D eigenvalue weighted by Crippen LogP contribution is 2.42. The third kappa shape index (κ3) is 3.31. The van der Waals surface area contributed by atoms with Gasteiger partial charge in [0.05, 0.1) is 5.69 Å². The minimum absolute atomic E-state index is 0.257. The maximum Gasteiger partial charge on any atom is 0.237 e. The summed E-state index contributed by atoms with van der Waals surface area (Å²) in [5, 5.41) is 2.39. The van der Waals surface area contributed by atoms with Crippen molar-refractivity contribution in [2.75, 3.05) is 18.9 Å². The van der Waals surface area contributed by atoms with E-state index in [2.05, 4.69) is 17.4 Å². The van der Waals surface area contributed by atoms with Gasteiger partial charge >= 0.3 is 0 Å². The molecule has 0 spiro atoms. The van der Waals surface area contributed by atoms with Crippen molar-refractivity contribution in [3.05, 3.63) is 65.2 Å². The molecule has 6 heteroatoms. The molecule has 2 atom stereocenters. The van der Waals surface area contributed by atoms with Gasteiger partial charge in [0.25, 0.3) is 0 Å². The Bertz CT molecular complexity index is 911. The Kier molecular flexibility index (Phi) is 4.42. The molecule has 140 valence electrons. The lowest BCUT2D eigenvalue weighted by Crippen LogP contribution is -2.33. The lowest BCUT2D eigenvalue weighted by Gasteiger charge is -2.18. The average Bonchev–Trinajstić information content (AvgIpc) is 3.46. The number of hydrogen-bond acceptors (Lipinski definition) is 2. The first-order valence-electron chi connectivity index (χ1n) is 9.05. The molecule has 4 nitrogen and oxygen atoms in total. The highest BCUT2D eigenvalue weighted by atomic mass is 19.2. The number of hydrogen-bond donors (Lipinski definition) is 1. The molecule has 2 aromatic rings. The minimum atomic E-state index is -1.13. The van der Waals surface area contributed by atoms with Crippen molar-refractivity contribution in [2.45, 2.75) is 24.7 Å². The van der Waals surface area contributed by atoms with E-state index in [0.717, 1.165) is 24.5 Å². The van der Waals surface area contributed by atoms with E-state index in [9.17, 15) is 18.4 Å². The van der Waals surface area contributed by atoms with E-state index in [-0.39, 0.29) is 17.5 Å². The van der Waals surface area contributed by atoms with Gasteiger partial charge in [-0.15, -0.1) is 0 Å². The summed E-state index contributed by atoms with van der Waals surface area (Å²) < 4.78 is 27.3. The van der Waals surface area contributed by atoms with Crippen LogP contribution >= 0.6 is 0 Å². The number of rotatable bonds is 4. The highest BCUT2D eigenvalue weighted by molar-refractivity contribution is 6.08. The molecule has 0 bridgehead atoms. The van der Waals surface area contributed by atoms with Crippen molar-refractivity contribution in [1.82, 2.24) is 4.90 Å². The van der Waals surface area contributed by atoms with Crippen LogP contribution in [0.5, 0.6) is 0 Å². The summed E-state index contributed by atoms with van der Waals surface area (Å²) in [4.78, 5) is 26.9. The van der Waals surface area contributed by atoms with E-state index in [1.165, 1.54) is 22.6 Å². The van der Waals surface area contributed by atoms with Gasteiger partial charge in [0.1, 0.15) is 5.92 Å². The topological polar surface area (TPSA) is 49.4 Å². The number of likely N-dealkylation sites (tertiary alicyclic amines) is 1. The van der Waals surface area contributed by atoms with Crippen LogP contribution in [-0.2, 0) is 9.59 Å². The standard InChI is InChI=1S/C21H20F2N2O2/c1-25-11-15(14-5-2-4-13(10-14)12-8-9-12)18(21(25)27)20(26)24-17-7-3-6-16(22)19(17)23/h2-7,10,12,15,18H,8-9,11H2,1H3,(H,24,26)/t15-,18+/m1/s1. The molecular weight excluding hydrogens is 350 g/mol. The quantitative estimate of drug-likeness (QED) is 0.835. The normalized spacial score (nSPS) is 22.2. The molecule has 27 heavy (non-hydrogen) atoms. The number of nitrogens with one attached hydrogen (secondary N) is 1. The Morgan fingerprint density at radius 2 is 1.81 bits per heavy atom. The summed E-state index contributed by atoms with van der Waals surface area (Å²) in [5.41, 5.74) is 1.90. The van der Waals surface area contributed by atoms with Crippen molar-refractivity contribution in [3.8, 4) is 0 Å². The Morgan fingerprint density at radius 3 is 2.56 bits per heavy atom. The summed E-state index contributed by atoms with van der Waals surface area (Å²) in [6, 6.07) is 11.6. The number of anilines is 1. The molecule has 0 aromatic heterocycles. The second kappa shape index (κ2) is 6.76. The van der Waals surface area contributed by atoms with Crippen LogP contribution in [0.1, 0.15) is 35.8 Å². The van der Waals surface area contributed by atoms with Gasteiger partial charge in [0.15, 0.2) is 11.6 Å². The van der Waals surface area contributed by atoms with Crippen LogP contribution in [0, 0.1) is 17.6 Å². The van der Waals surface area contributed by atoms with Gasteiger partial charge in [0.2, 0.25) is 11.8 Å². The molecule has 4 rings (SSSR count). The van der Waals surface area contributed by atoms with Crippen molar-refractivity contribution in [2.24, 2.45) is 5.92 Å². The molecule has 1 N–H and O–H groups in total. The zero-order valence-electron chi connectivity index (χ0n) is 14.9. The van der Waals surface area contributed by atoms with Gasteiger partial charge in [-0.2, -0.15) is 0 Å². The molecule has 1 heterocycles. The van der Waals surface area contributed by atoms with Gasteiger partial charge in [-0.05, 0) is 42.0 Å². The average molecular weight is 370 g/mol. The molecule has 2 aromatic carbocycles. The molecule has 2 amide bonds. The number of carbonyl (C=O) groups is 2. The first kappa shape index (κ1) is 17.6. The Morgan fingerprint density at radius 1 is 1.11 bits per heavy atom. The van der Waals surface area contributed by atoms with Crippen LogP contribution in [-0.4, -0.2) is 30.3 Å². The number of likely N-dealkylation sites (N-methyl/N-ethyl adjacent to an activating group) is 1.